The van der Waals surface area contributed by atoms with Gasteiger partial charge in [0.2, 0.25) is 0 Å². The maximum Gasteiger partial charge on any atom is 0.141 e. The molecule has 0 aliphatic carbocycles. The summed E-state index contributed by atoms with van der Waals surface area (Å²) in [6.45, 7) is 3.74. The zero-order chi connectivity index (χ0) is 21.7. The SMILES string of the molecule is Cc1noc(C)c1-c1cnc2c(-c3cnn(C)c3)cn(Cc3c(F)cccc3F)c2c1. The number of fused-ring (bicyclic) bond motifs is 1. The molecule has 4 heterocycles. The van der Waals surface area contributed by atoms with Gasteiger partial charge in [0.05, 0.1) is 29.5 Å². The van der Waals surface area contributed by atoms with Crippen molar-refractivity contribution in [3.63, 3.8) is 0 Å². The van der Waals surface area contributed by atoms with E-state index < -0.39 is 11.6 Å². The third kappa shape index (κ3) is 3.20. The molecule has 31 heavy (non-hydrogen) atoms. The van der Waals surface area contributed by atoms with Crippen LogP contribution in [0, 0.1) is 25.5 Å². The second kappa shape index (κ2) is 7.16. The number of nitrogens with zero attached hydrogens (tertiary/aromatic N) is 5. The molecular formula is C23H19F2N5O. The lowest BCUT2D eigenvalue weighted by Gasteiger charge is -2.09. The molecule has 0 unspecified atom stereocenters. The molecule has 0 aliphatic rings. The maximum atomic E-state index is 14.4. The van der Waals surface area contributed by atoms with Gasteiger partial charge in [-0.2, -0.15) is 5.10 Å². The minimum absolute atomic E-state index is 0.000112. The highest BCUT2D eigenvalue weighted by molar-refractivity contribution is 5.94. The van der Waals surface area contributed by atoms with Gasteiger partial charge in [0, 0.05) is 53.5 Å². The summed E-state index contributed by atoms with van der Waals surface area (Å²) in [7, 11) is 1.83. The predicted molar refractivity (Wildman–Crippen MR) is 112 cm³/mol. The molecule has 5 rings (SSSR count). The van der Waals surface area contributed by atoms with Crippen LogP contribution in [-0.2, 0) is 13.6 Å². The van der Waals surface area contributed by atoms with Crippen molar-refractivity contribution in [2.45, 2.75) is 20.4 Å². The van der Waals surface area contributed by atoms with Crippen LogP contribution in [0.15, 0.2) is 53.6 Å². The lowest BCUT2D eigenvalue weighted by atomic mass is 10.1. The Kier molecular flexibility index (Phi) is 4.43. The van der Waals surface area contributed by atoms with Crippen LogP contribution in [-0.4, -0.2) is 24.5 Å². The molecule has 0 fully saturated rings. The van der Waals surface area contributed by atoms with Crippen LogP contribution in [0.4, 0.5) is 8.78 Å². The molecule has 0 bridgehead atoms. The fraction of sp³-hybridized carbons (Fsp3) is 0.174. The molecule has 0 radical (unpaired) electrons. The van der Waals surface area contributed by atoms with Gasteiger partial charge >= 0.3 is 0 Å². The Morgan fingerprint density at radius 3 is 2.45 bits per heavy atom. The molecule has 8 heteroatoms. The van der Waals surface area contributed by atoms with Crippen molar-refractivity contribution in [2.24, 2.45) is 7.05 Å². The van der Waals surface area contributed by atoms with Crippen molar-refractivity contribution >= 4 is 11.0 Å². The minimum atomic E-state index is -0.584. The number of hydrogen-bond donors (Lipinski definition) is 0. The summed E-state index contributed by atoms with van der Waals surface area (Å²) in [4.78, 5) is 4.70. The third-order valence-electron chi connectivity index (χ3n) is 5.45. The van der Waals surface area contributed by atoms with Crippen molar-refractivity contribution in [2.75, 3.05) is 0 Å². The van der Waals surface area contributed by atoms with Gasteiger partial charge in [0.15, 0.2) is 0 Å². The van der Waals surface area contributed by atoms with Gasteiger partial charge in [-0.25, -0.2) is 8.78 Å². The molecule has 0 N–H and O–H groups in total. The van der Waals surface area contributed by atoms with Crippen LogP contribution in [0.3, 0.4) is 0 Å². The first-order chi connectivity index (χ1) is 14.9. The standard InChI is InChI=1S/C23H19F2N5O/c1-13-22(14(2)31-28-13)15-7-21-23(26-8-15)17(16-9-27-29(3)10-16)11-30(21)12-18-19(24)5-4-6-20(18)25/h4-11H,12H2,1-3H3. The van der Waals surface area contributed by atoms with Gasteiger partial charge in [-0.15, -0.1) is 0 Å². The highest BCUT2D eigenvalue weighted by Gasteiger charge is 2.19. The fourth-order valence-electron chi connectivity index (χ4n) is 3.95. The number of rotatable bonds is 4. The molecule has 6 nitrogen and oxygen atoms in total. The fourth-order valence-corrected chi connectivity index (χ4v) is 3.95. The average molecular weight is 419 g/mol. The van der Waals surface area contributed by atoms with E-state index in [0.29, 0.717) is 5.76 Å². The summed E-state index contributed by atoms with van der Waals surface area (Å²) in [5.74, 6) is -0.483. The van der Waals surface area contributed by atoms with E-state index in [9.17, 15) is 8.78 Å². The van der Waals surface area contributed by atoms with Gasteiger partial charge in [0.1, 0.15) is 17.4 Å². The zero-order valence-corrected chi connectivity index (χ0v) is 17.2. The van der Waals surface area contributed by atoms with Crippen molar-refractivity contribution in [3.05, 3.63) is 77.7 Å². The Morgan fingerprint density at radius 1 is 1.03 bits per heavy atom. The lowest BCUT2D eigenvalue weighted by molar-refractivity contribution is 0.393. The third-order valence-corrected chi connectivity index (χ3v) is 5.45. The van der Waals surface area contributed by atoms with Gasteiger partial charge in [-0.05, 0) is 32.0 Å². The van der Waals surface area contributed by atoms with E-state index in [2.05, 4.69) is 10.3 Å². The van der Waals surface area contributed by atoms with Crippen LogP contribution in [0.1, 0.15) is 17.0 Å². The minimum Gasteiger partial charge on any atom is -0.361 e. The summed E-state index contributed by atoms with van der Waals surface area (Å²) in [6.07, 6.45) is 7.25. The molecular weight excluding hydrogens is 400 g/mol. The summed E-state index contributed by atoms with van der Waals surface area (Å²) >= 11 is 0. The summed E-state index contributed by atoms with van der Waals surface area (Å²) in [6, 6.07) is 5.84. The normalized spacial score (nSPS) is 11.5. The van der Waals surface area contributed by atoms with E-state index in [1.165, 1.54) is 18.2 Å². The molecule has 0 amide bonds. The van der Waals surface area contributed by atoms with Gasteiger partial charge in [0.25, 0.3) is 0 Å². The van der Waals surface area contributed by atoms with Crippen molar-refractivity contribution < 1.29 is 13.3 Å². The number of aromatic nitrogens is 5. The van der Waals surface area contributed by atoms with Crippen LogP contribution in [0.25, 0.3) is 33.3 Å². The molecule has 1 aromatic carbocycles. The van der Waals surface area contributed by atoms with Crippen LogP contribution in [0.2, 0.25) is 0 Å². The topological polar surface area (TPSA) is 61.7 Å². The molecule has 0 atom stereocenters. The number of benzene rings is 1. The highest BCUT2D eigenvalue weighted by atomic mass is 19.1. The Hall–Kier alpha value is -3.81. The zero-order valence-electron chi connectivity index (χ0n) is 17.2. The first-order valence-electron chi connectivity index (χ1n) is 9.76. The number of aryl methyl sites for hydroxylation is 3. The predicted octanol–water partition coefficient (Wildman–Crippen LogP) is 5.04. The van der Waals surface area contributed by atoms with E-state index in [1.807, 2.05) is 43.9 Å². The second-order valence-corrected chi connectivity index (χ2v) is 7.56. The first-order valence-corrected chi connectivity index (χ1v) is 9.76. The number of hydrogen-bond acceptors (Lipinski definition) is 4. The highest BCUT2D eigenvalue weighted by Crippen LogP contribution is 2.34. The first kappa shape index (κ1) is 19.2. The van der Waals surface area contributed by atoms with Crippen molar-refractivity contribution in [1.29, 1.82) is 0 Å². The quantitative estimate of drug-likeness (QED) is 0.410. The van der Waals surface area contributed by atoms with Crippen LogP contribution >= 0.6 is 0 Å². The Balaban J connectivity index is 1.73. The summed E-state index contributed by atoms with van der Waals surface area (Å²) in [5.41, 5.74) is 5.63. The van der Waals surface area contributed by atoms with Crippen LogP contribution < -0.4 is 0 Å². The lowest BCUT2D eigenvalue weighted by Crippen LogP contribution is -2.03. The molecule has 0 saturated carbocycles. The van der Waals surface area contributed by atoms with Crippen molar-refractivity contribution in [3.8, 4) is 22.3 Å². The molecule has 5 aromatic rings. The number of halogens is 2. The van der Waals surface area contributed by atoms with E-state index in [4.69, 9.17) is 9.51 Å². The Morgan fingerprint density at radius 2 is 1.81 bits per heavy atom. The Labute approximate surface area is 176 Å². The van der Waals surface area contributed by atoms with Gasteiger partial charge in [-0.1, -0.05) is 11.2 Å². The Bertz CT molecular complexity index is 1390. The molecule has 0 saturated heterocycles. The van der Waals surface area contributed by atoms with Gasteiger partial charge in [-0.3, -0.25) is 9.67 Å². The molecule has 0 spiro atoms. The smallest absolute Gasteiger partial charge is 0.141 e. The van der Waals surface area contributed by atoms with E-state index >= 15 is 0 Å². The van der Waals surface area contributed by atoms with Gasteiger partial charge < -0.3 is 9.09 Å². The maximum absolute atomic E-state index is 14.4. The molecule has 4 aromatic heterocycles. The van der Waals surface area contributed by atoms with E-state index in [1.54, 1.807) is 17.1 Å². The summed E-state index contributed by atoms with van der Waals surface area (Å²) in [5, 5.41) is 8.26. The monoisotopic (exact) mass is 419 g/mol. The largest absolute Gasteiger partial charge is 0.361 e. The summed E-state index contributed by atoms with van der Waals surface area (Å²) < 4.78 is 37.6. The van der Waals surface area contributed by atoms with E-state index in [0.717, 1.165) is 39.0 Å². The van der Waals surface area contributed by atoms with Crippen LogP contribution in [0.5, 0.6) is 0 Å². The molecule has 0 aliphatic heterocycles. The molecule has 156 valence electrons. The second-order valence-electron chi connectivity index (χ2n) is 7.56. The van der Waals surface area contributed by atoms with E-state index in [-0.39, 0.29) is 12.1 Å². The van der Waals surface area contributed by atoms with Crippen molar-refractivity contribution in [1.82, 2.24) is 24.5 Å². The number of pyridine rings is 1. The average Bonchev–Trinajstić information content (AvgIpc) is 3.42.